The smallest absolute Gasteiger partial charge is 0.263 e. The fourth-order valence-electron chi connectivity index (χ4n) is 4.00. The molecule has 8 heteroatoms. The molecule has 0 atom stereocenters. The number of carbonyl (C=O) groups excluding carboxylic acids is 1. The van der Waals surface area contributed by atoms with E-state index in [0.717, 1.165) is 24.2 Å². The van der Waals surface area contributed by atoms with Crippen molar-refractivity contribution in [3.05, 3.63) is 88.4 Å². The number of halogens is 1. The zero-order valence-corrected chi connectivity index (χ0v) is 20.6. The number of piperidine rings is 1. The van der Waals surface area contributed by atoms with Gasteiger partial charge in [0.25, 0.3) is 15.9 Å². The third kappa shape index (κ3) is 5.72. The zero-order chi connectivity index (χ0) is 24.1. The van der Waals surface area contributed by atoms with Gasteiger partial charge in [0.15, 0.2) is 0 Å². The first-order valence-electron chi connectivity index (χ1n) is 11.3. The van der Waals surface area contributed by atoms with E-state index in [0.29, 0.717) is 12.2 Å². The third-order valence-corrected chi connectivity index (χ3v) is 7.83. The summed E-state index contributed by atoms with van der Waals surface area (Å²) >= 11 is 6.19. The van der Waals surface area contributed by atoms with E-state index < -0.39 is 10.0 Å². The Hall–Kier alpha value is -3.03. The van der Waals surface area contributed by atoms with Crippen LogP contribution in [0.1, 0.15) is 40.7 Å². The van der Waals surface area contributed by atoms with Crippen molar-refractivity contribution in [1.29, 1.82) is 0 Å². The van der Waals surface area contributed by atoms with Crippen molar-refractivity contribution in [2.75, 3.05) is 22.7 Å². The molecule has 1 saturated heterocycles. The molecule has 34 heavy (non-hydrogen) atoms. The van der Waals surface area contributed by atoms with Gasteiger partial charge < -0.3 is 10.2 Å². The van der Waals surface area contributed by atoms with Gasteiger partial charge in [-0.05, 0) is 73.7 Å². The average molecular weight is 498 g/mol. The van der Waals surface area contributed by atoms with Crippen molar-refractivity contribution < 1.29 is 13.2 Å². The number of rotatable bonds is 7. The van der Waals surface area contributed by atoms with E-state index in [1.165, 1.54) is 43.1 Å². The van der Waals surface area contributed by atoms with Crippen LogP contribution >= 0.6 is 11.6 Å². The van der Waals surface area contributed by atoms with E-state index in [-0.39, 0.29) is 21.4 Å². The van der Waals surface area contributed by atoms with Crippen LogP contribution in [0.2, 0.25) is 5.02 Å². The highest BCUT2D eigenvalue weighted by Gasteiger charge is 2.21. The summed E-state index contributed by atoms with van der Waals surface area (Å²) in [5.74, 6) is -0.371. The predicted molar refractivity (Wildman–Crippen MR) is 137 cm³/mol. The van der Waals surface area contributed by atoms with Gasteiger partial charge in [-0.25, -0.2) is 8.42 Å². The molecular formula is C26H28ClN3O3S. The molecule has 3 aromatic rings. The second kappa shape index (κ2) is 10.5. The molecule has 1 aliphatic rings. The Kier molecular flexibility index (Phi) is 7.44. The van der Waals surface area contributed by atoms with E-state index in [4.69, 9.17) is 11.6 Å². The highest BCUT2D eigenvalue weighted by atomic mass is 35.5. The van der Waals surface area contributed by atoms with Crippen LogP contribution in [-0.4, -0.2) is 27.4 Å². The predicted octanol–water partition coefficient (Wildman–Crippen LogP) is 5.37. The number of aryl methyl sites for hydroxylation is 1. The lowest BCUT2D eigenvalue weighted by Gasteiger charge is -2.28. The van der Waals surface area contributed by atoms with Crippen molar-refractivity contribution in [3.63, 3.8) is 0 Å². The fourth-order valence-corrected chi connectivity index (χ4v) is 5.66. The number of anilines is 2. The summed E-state index contributed by atoms with van der Waals surface area (Å²) in [5, 5.41) is 2.91. The van der Waals surface area contributed by atoms with Crippen LogP contribution in [0.25, 0.3) is 0 Å². The van der Waals surface area contributed by atoms with Crippen molar-refractivity contribution in [2.45, 2.75) is 37.6 Å². The van der Waals surface area contributed by atoms with Gasteiger partial charge >= 0.3 is 0 Å². The fraction of sp³-hybridized carbons (Fsp3) is 0.269. The maximum Gasteiger partial charge on any atom is 0.263 e. The Morgan fingerprint density at radius 2 is 1.68 bits per heavy atom. The van der Waals surface area contributed by atoms with Crippen LogP contribution < -0.4 is 14.9 Å². The molecule has 0 aromatic heterocycles. The maximum atomic E-state index is 13.0. The molecule has 178 valence electrons. The molecule has 1 aliphatic heterocycles. The van der Waals surface area contributed by atoms with Crippen molar-refractivity contribution in [2.24, 2.45) is 0 Å². The number of nitrogens with zero attached hydrogens (tertiary/aromatic N) is 1. The number of hydrogen-bond donors (Lipinski definition) is 2. The first-order chi connectivity index (χ1) is 16.3. The molecule has 4 rings (SSSR count). The normalized spacial score (nSPS) is 14.0. The largest absolute Gasteiger partial charge is 0.372 e. The molecule has 1 fully saturated rings. The Balaban J connectivity index is 1.44. The minimum absolute atomic E-state index is 0.0472. The van der Waals surface area contributed by atoms with Crippen LogP contribution in [-0.2, 0) is 16.6 Å². The highest BCUT2D eigenvalue weighted by molar-refractivity contribution is 7.92. The molecule has 0 spiro atoms. The standard InChI is InChI=1S/C26H28ClN3O3S/c1-19-7-3-4-8-24(19)29-34(32,33)25-17-21(11-14-23(25)27)26(31)28-18-20-9-12-22(13-10-20)30-15-5-2-6-16-30/h3-4,7-14,17,29H,2,5-6,15-16,18H2,1H3,(H,28,31). The van der Waals surface area contributed by atoms with Crippen LogP contribution in [0.4, 0.5) is 11.4 Å². The van der Waals surface area contributed by atoms with Crippen molar-refractivity contribution >= 4 is 38.9 Å². The van der Waals surface area contributed by atoms with E-state index >= 15 is 0 Å². The second-order valence-corrected chi connectivity index (χ2v) is 10.5. The Labute approximate surface area is 206 Å². The van der Waals surface area contributed by atoms with Gasteiger partial charge in [-0.15, -0.1) is 0 Å². The van der Waals surface area contributed by atoms with Crippen LogP contribution in [0.5, 0.6) is 0 Å². The van der Waals surface area contributed by atoms with Gasteiger partial charge in [0.2, 0.25) is 0 Å². The lowest BCUT2D eigenvalue weighted by Crippen LogP contribution is -2.29. The van der Waals surface area contributed by atoms with Crippen molar-refractivity contribution in [1.82, 2.24) is 5.32 Å². The Morgan fingerprint density at radius 1 is 0.971 bits per heavy atom. The molecule has 0 aliphatic carbocycles. The molecule has 1 heterocycles. The molecule has 0 unspecified atom stereocenters. The second-order valence-electron chi connectivity index (χ2n) is 8.46. The van der Waals surface area contributed by atoms with E-state index in [1.54, 1.807) is 12.1 Å². The number of sulfonamides is 1. The highest BCUT2D eigenvalue weighted by Crippen LogP contribution is 2.26. The quantitative estimate of drug-likeness (QED) is 0.460. The number of carbonyl (C=O) groups is 1. The molecule has 0 radical (unpaired) electrons. The monoisotopic (exact) mass is 497 g/mol. The van der Waals surface area contributed by atoms with Crippen LogP contribution in [0, 0.1) is 6.92 Å². The lowest BCUT2D eigenvalue weighted by molar-refractivity contribution is 0.0950. The molecule has 3 aromatic carbocycles. The van der Waals surface area contributed by atoms with Gasteiger partial charge in [0.05, 0.1) is 10.7 Å². The Morgan fingerprint density at radius 3 is 2.38 bits per heavy atom. The summed E-state index contributed by atoms with van der Waals surface area (Å²) < 4.78 is 28.5. The summed E-state index contributed by atoms with van der Waals surface area (Å²) in [6.07, 6.45) is 3.73. The van der Waals surface area contributed by atoms with Gasteiger partial charge in [-0.3, -0.25) is 9.52 Å². The molecule has 0 bridgehead atoms. The Bertz CT molecular complexity index is 1270. The van der Waals surface area contributed by atoms with E-state index in [2.05, 4.69) is 27.1 Å². The van der Waals surface area contributed by atoms with Crippen LogP contribution in [0.3, 0.4) is 0 Å². The topological polar surface area (TPSA) is 78.5 Å². The lowest BCUT2D eigenvalue weighted by atomic mass is 10.1. The maximum absolute atomic E-state index is 13.0. The van der Waals surface area contributed by atoms with Gasteiger partial charge in [-0.1, -0.05) is 41.9 Å². The van der Waals surface area contributed by atoms with E-state index in [9.17, 15) is 13.2 Å². The first kappa shape index (κ1) is 24.1. The number of nitrogens with one attached hydrogen (secondary N) is 2. The summed E-state index contributed by atoms with van der Waals surface area (Å²) in [6, 6.07) is 19.5. The first-order valence-corrected chi connectivity index (χ1v) is 13.2. The third-order valence-electron chi connectivity index (χ3n) is 5.98. The zero-order valence-electron chi connectivity index (χ0n) is 19.1. The molecule has 1 amide bonds. The molecule has 0 saturated carbocycles. The van der Waals surface area contributed by atoms with Gasteiger partial charge in [-0.2, -0.15) is 0 Å². The minimum atomic E-state index is -3.97. The molecule has 6 nitrogen and oxygen atoms in total. The summed E-state index contributed by atoms with van der Waals surface area (Å²) in [4.78, 5) is 15.0. The summed E-state index contributed by atoms with van der Waals surface area (Å²) in [5.41, 5.74) is 3.63. The molecular weight excluding hydrogens is 470 g/mol. The minimum Gasteiger partial charge on any atom is -0.372 e. The number of benzene rings is 3. The van der Waals surface area contributed by atoms with Gasteiger partial charge in [0.1, 0.15) is 4.90 Å². The van der Waals surface area contributed by atoms with Crippen LogP contribution in [0.15, 0.2) is 71.6 Å². The summed E-state index contributed by atoms with van der Waals surface area (Å²) in [6.45, 7) is 4.31. The van der Waals surface area contributed by atoms with Crippen molar-refractivity contribution in [3.8, 4) is 0 Å². The number of amides is 1. The average Bonchev–Trinajstić information content (AvgIpc) is 2.85. The summed E-state index contributed by atoms with van der Waals surface area (Å²) in [7, 11) is -3.97. The van der Waals surface area contributed by atoms with E-state index in [1.807, 2.05) is 31.2 Å². The number of para-hydroxylation sites is 1. The molecule has 2 N–H and O–H groups in total. The van der Waals surface area contributed by atoms with Gasteiger partial charge in [0, 0.05) is 30.9 Å². The SMILES string of the molecule is Cc1ccccc1NS(=O)(=O)c1cc(C(=O)NCc2ccc(N3CCCCC3)cc2)ccc1Cl. The number of hydrogen-bond acceptors (Lipinski definition) is 4.